The number of aryl methyl sites for hydroxylation is 1. The zero-order chi connectivity index (χ0) is 34.4. The summed E-state index contributed by atoms with van der Waals surface area (Å²) in [6, 6.07) is 12.7. The Morgan fingerprint density at radius 3 is 2.26 bits per heavy atom. The molecule has 0 aliphatic carbocycles. The molecule has 2 aliphatic heterocycles. The van der Waals surface area contributed by atoms with Crippen LogP contribution >= 0.6 is 0 Å². The second-order valence-corrected chi connectivity index (χ2v) is 14.2. The van der Waals surface area contributed by atoms with Gasteiger partial charge in [-0.25, -0.2) is 8.78 Å². The number of nitrogens with zero attached hydrogens (tertiary/aromatic N) is 4. The van der Waals surface area contributed by atoms with Crippen molar-refractivity contribution in [3.8, 4) is 5.75 Å². The first-order chi connectivity index (χ1) is 22.1. The van der Waals surface area contributed by atoms with Gasteiger partial charge in [0.25, 0.3) is 16.0 Å². The number of halogens is 2. The molecule has 2 unspecified atom stereocenters. The highest BCUT2D eigenvalue weighted by Gasteiger charge is 2.41. The third kappa shape index (κ3) is 10.2. The first kappa shape index (κ1) is 36.2. The first-order valence-electron chi connectivity index (χ1n) is 15.9. The maximum absolute atomic E-state index is 13.4. The Morgan fingerprint density at radius 2 is 1.72 bits per heavy atom. The van der Waals surface area contributed by atoms with E-state index in [1.54, 1.807) is 36.4 Å². The molecule has 2 atom stereocenters. The number of aromatic nitrogens is 2. The van der Waals surface area contributed by atoms with Gasteiger partial charge in [-0.15, -0.1) is 0 Å². The molecule has 2 fully saturated rings. The predicted molar refractivity (Wildman–Crippen MR) is 173 cm³/mol. The summed E-state index contributed by atoms with van der Waals surface area (Å²) in [7, 11) is -4.02. The molecule has 2 aliphatic rings. The summed E-state index contributed by atoms with van der Waals surface area (Å²) in [6.07, 6.45) is 2.77. The number of ether oxygens (including phenoxy) is 1. The number of hydrogen-bond acceptors (Lipinski definition) is 9. The quantitative estimate of drug-likeness (QED) is 0.259. The normalized spacial score (nSPS) is 18.1. The van der Waals surface area contributed by atoms with E-state index in [-0.39, 0.29) is 23.8 Å². The van der Waals surface area contributed by atoms with Crippen molar-refractivity contribution >= 4 is 22.0 Å². The molecule has 258 valence electrons. The van der Waals surface area contributed by atoms with Gasteiger partial charge in [0, 0.05) is 32.0 Å². The van der Waals surface area contributed by atoms with E-state index in [1.165, 1.54) is 12.1 Å². The monoisotopic (exact) mass is 677 g/mol. The van der Waals surface area contributed by atoms with E-state index in [0.29, 0.717) is 35.8 Å². The summed E-state index contributed by atoms with van der Waals surface area (Å²) in [5.74, 6) is -0.471. The number of hydrogen-bond donors (Lipinski definition) is 2. The lowest BCUT2D eigenvalue weighted by Gasteiger charge is -2.33. The highest BCUT2D eigenvalue weighted by molar-refractivity contribution is 7.85. The number of rotatable bonds is 10. The Kier molecular flexibility index (Phi) is 12.0. The second-order valence-electron chi connectivity index (χ2n) is 12.7. The van der Waals surface area contributed by atoms with E-state index in [0.717, 1.165) is 48.6 Å². The lowest BCUT2D eigenvalue weighted by atomic mass is 9.84. The van der Waals surface area contributed by atoms with E-state index in [9.17, 15) is 22.0 Å². The van der Waals surface area contributed by atoms with E-state index in [2.05, 4.69) is 35.8 Å². The molecule has 0 saturated carbocycles. The van der Waals surface area contributed by atoms with Gasteiger partial charge in [-0.2, -0.15) is 13.4 Å². The third-order valence-electron chi connectivity index (χ3n) is 8.71. The second kappa shape index (κ2) is 15.5. The van der Waals surface area contributed by atoms with Crippen molar-refractivity contribution in [2.24, 2.45) is 17.6 Å². The molecule has 0 bridgehead atoms. The number of benzene rings is 2. The number of nitrogens with two attached hydrogens (primary N) is 1. The molecule has 1 amide bonds. The average Bonchev–Trinajstić information content (AvgIpc) is 3.68. The molecule has 0 spiro atoms. The number of carbonyl (C=O) groups excluding carboxylic acids is 1. The van der Waals surface area contributed by atoms with Crippen LogP contribution in [0.2, 0.25) is 0 Å². The number of alkyl halides is 2. The van der Waals surface area contributed by atoms with Crippen LogP contribution in [0.5, 0.6) is 5.75 Å². The van der Waals surface area contributed by atoms with Crippen LogP contribution in [0, 0.1) is 18.8 Å². The van der Waals surface area contributed by atoms with Crippen molar-refractivity contribution in [1.82, 2.24) is 15.0 Å². The number of anilines is 1. The highest BCUT2D eigenvalue weighted by atomic mass is 32.2. The lowest BCUT2D eigenvalue weighted by molar-refractivity contribution is -0.133. The Labute approximate surface area is 275 Å². The fourth-order valence-electron chi connectivity index (χ4n) is 5.59. The number of likely N-dealkylation sites (tertiary alicyclic amines) is 1. The van der Waals surface area contributed by atoms with Crippen LogP contribution in [-0.4, -0.2) is 72.6 Å². The molecule has 3 N–H and O–H groups in total. The Bertz CT molecular complexity index is 1560. The minimum atomic E-state index is -4.02. The summed E-state index contributed by atoms with van der Waals surface area (Å²) >= 11 is 0. The summed E-state index contributed by atoms with van der Waals surface area (Å²) < 4.78 is 67.7. The highest BCUT2D eigenvalue weighted by Crippen LogP contribution is 2.31. The molecule has 14 heteroatoms. The zero-order valence-corrected chi connectivity index (χ0v) is 28.1. The van der Waals surface area contributed by atoms with Gasteiger partial charge in [0.2, 0.25) is 5.91 Å². The summed E-state index contributed by atoms with van der Waals surface area (Å²) in [6.45, 7) is 10.1. The van der Waals surface area contributed by atoms with E-state index >= 15 is 0 Å². The van der Waals surface area contributed by atoms with Crippen LogP contribution in [0.1, 0.15) is 75.4 Å². The van der Waals surface area contributed by atoms with Crippen LogP contribution in [0.15, 0.2) is 57.9 Å². The molecule has 1 aromatic heterocycles. The summed E-state index contributed by atoms with van der Waals surface area (Å²) in [5, 5.41) is 4.06. The van der Waals surface area contributed by atoms with Gasteiger partial charge in [-0.1, -0.05) is 55.8 Å². The molecular formula is C33H45F2N5O6S. The predicted octanol–water partition coefficient (Wildman–Crippen LogP) is 5.62. The lowest BCUT2D eigenvalue weighted by Crippen LogP contribution is -2.38. The van der Waals surface area contributed by atoms with Gasteiger partial charge in [-0.3, -0.25) is 9.35 Å². The molecule has 3 heterocycles. The van der Waals surface area contributed by atoms with Crippen LogP contribution in [0.25, 0.3) is 0 Å². The van der Waals surface area contributed by atoms with Crippen molar-refractivity contribution in [2.45, 2.75) is 76.2 Å². The fourth-order valence-corrected chi connectivity index (χ4v) is 6.07. The molecular weight excluding hydrogens is 632 g/mol. The minimum absolute atomic E-state index is 0.0357. The van der Waals surface area contributed by atoms with Crippen molar-refractivity contribution < 1.29 is 35.8 Å². The van der Waals surface area contributed by atoms with Crippen molar-refractivity contribution in [3.05, 3.63) is 65.5 Å². The number of carbonyl (C=O) groups is 1. The SMILES string of the molecule is CC(C)c1noc(N2CCC(C(C)CCOc3ccc(C(N)C(=O)N4CCC(F)(F)C4)cc3)CC2)n1.Cc1ccc(S(=O)(=O)O)cc1. The van der Waals surface area contributed by atoms with Gasteiger partial charge in [0.15, 0.2) is 5.82 Å². The van der Waals surface area contributed by atoms with Crippen LogP contribution in [-0.2, 0) is 14.9 Å². The van der Waals surface area contributed by atoms with Crippen molar-refractivity contribution in [2.75, 3.05) is 37.7 Å². The zero-order valence-electron chi connectivity index (χ0n) is 27.3. The largest absolute Gasteiger partial charge is 0.494 e. The van der Waals surface area contributed by atoms with Crippen LogP contribution < -0.4 is 15.4 Å². The molecule has 0 radical (unpaired) electrons. The summed E-state index contributed by atoms with van der Waals surface area (Å²) in [5.41, 5.74) is 7.59. The van der Waals surface area contributed by atoms with Gasteiger partial charge in [-0.05, 0) is 67.9 Å². The van der Waals surface area contributed by atoms with Gasteiger partial charge < -0.3 is 24.8 Å². The smallest absolute Gasteiger partial charge is 0.324 e. The Hall–Kier alpha value is -3.62. The Morgan fingerprint density at radius 1 is 1.09 bits per heavy atom. The fraction of sp³-hybridized carbons (Fsp3) is 0.545. The van der Waals surface area contributed by atoms with E-state index < -0.39 is 34.5 Å². The Balaban J connectivity index is 0.000000385. The molecule has 2 aromatic carbocycles. The van der Waals surface area contributed by atoms with Crippen LogP contribution in [0.3, 0.4) is 0 Å². The third-order valence-corrected chi connectivity index (χ3v) is 9.58. The molecule has 47 heavy (non-hydrogen) atoms. The molecule has 5 rings (SSSR count). The van der Waals surface area contributed by atoms with Gasteiger partial charge in [0.05, 0.1) is 18.0 Å². The maximum atomic E-state index is 13.4. The molecule has 2 saturated heterocycles. The minimum Gasteiger partial charge on any atom is -0.494 e. The topological polar surface area (TPSA) is 152 Å². The van der Waals surface area contributed by atoms with Crippen molar-refractivity contribution in [1.29, 1.82) is 0 Å². The summed E-state index contributed by atoms with van der Waals surface area (Å²) in [4.78, 5) is 20.2. The van der Waals surface area contributed by atoms with Gasteiger partial charge >= 0.3 is 6.01 Å². The molecule has 11 nitrogen and oxygen atoms in total. The first-order valence-corrected chi connectivity index (χ1v) is 17.3. The van der Waals surface area contributed by atoms with E-state index in [4.69, 9.17) is 19.5 Å². The van der Waals surface area contributed by atoms with E-state index in [1.807, 2.05) is 6.92 Å². The number of amides is 1. The maximum Gasteiger partial charge on any atom is 0.324 e. The van der Waals surface area contributed by atoms with Gasteiger partial charge in [0.1, 0.15) is 11.8 Å². The standard InChI is InChI=1S/C26H37F2N5O3.C7H8O3S/c1-17(2)23-30-25(36-31-23)32-12-8-19(9-13-32)18(3)10-15-35-21-6-4-20(5-7-21)22(29)24(34)33-14-11-26(27,28)16-33;1-6-2-4-7(5-3-6)11(8,9)10/h4-7,17-19,22H,8-16,29H2,1-3H3;2-5H,1H3,(H,8,9,10). The van der Waals surface area contributed by atoms with Crippen LogP contribution in [0.4, 0.5) is 14.8 Å². The number of piperidine rings is 1. The average molecular weight is 678 g/mol. The molecule has 3 aromatic rings. The van der Waals surface area contributed by atoms with Crippen molar-refractivity contribution in [3.63, 3.8) is 0 Å².